The number of nitrogens with zero attached hydrogens (tertiary/aromatic N) is 2. The summed E-state index contributed by atoms with van der Waals surface area (Å²) in [6.45, 7) is 0.938. The van der Waals surface area contributed by atoms with Crippen LogP contribution in [0.25, 0.3) is 27.0 Å². The highest BCUT2D eigenvalue weighted by molar-refractivity contribution is 7.73. The molecule has 2 aromatic carbocycles. The van der Waals surface area contributed by atoms with Crippen molar-refractivity contribution in [2.45, 2.75) is 25.5 Å². The lowest BCUT2D eigenvalue weighted by atomic mass is 10.2. The normalized spacial score (nSPS) is 16.1. The number of ether oxygens (including phenoxy) is 1. The average molecular weight is 470 g/mol. The zero-order valence-electron chi connectivity index (χ0n) is 17.0. The van der Waals surface area contributed by atoms with Gasteiger partial charge in [0.05, 0.1) is 21.9 Å². The standard InChI is InChI=1S/C23H20FN3O3S2/c24-15-6-3-5-14(11-15)20-21-26(13-19(28)25-12-16-7-4-10-30-16)22(29)17-8-1-2-9-18(17)27(21)23(31)32-20/h1-3,5-6,8-9,11,16H,4,7,10,12-13H2,(H,25,28). The quantitative estimate of drug-likeness (QED) is 0.446. The van der Waals surface area contributed by atoms with Gasteiger partial charge in [0.15, 0.2) is 3.95 Å². The van der Waals surface area contributed by atoms with E-state index >= 15 is 0 Å². The van der Waals surface area contributed by atoms with E-state index < -0.39 is 0 Å². The van der Waals surface area contributed by atoms with Crippen molar-refractivity contribution in [1.29, 1.82) is 0 Å². The van der Waals surface area contributed by atoms with Gasteiger partial charge in [0.1, 0.15) is 18.0 Å². The maximum Gasteiger partial charge on any atom is 0.262 e. The SMILES string of the molecule is O=C(Cn1c(=O)c2ccccc2n2c(=S)sc(-c3cccc(F)c3)c12)NCC1CCCO1. The molecule has 164 valence electrons. The minimum Gasteiger partial charge on any atom is -0.376 e. The number of thiazole rings is 1. The Morgan fingerprint density at radius 1 is 1.25 bits per heavy atom. The molecule has 0 aliphatic carbocycles. The summed E-state index contributed by atoms with van der Waals surface area (Å²) in [5.41, 5.74) is 1.46. The Hall–Kier alpha value is -2.88. The van der Waals surface area contributed by atoms with Crippen LogP contribution in [0.2, 0.25) is 0 Å². The number of fused-ring (bicyclic) bond motifs is 3. The molecular formula is C23H20FN3O3S2. The van der Waals surface area contributed by atoms with Gasteiger partial charge in [-0.25, -0.2) is 4.39 Å². The summed E-state index contributed by atoms with van der Waals surface area (Å²) in [5, 5.41) is 3.34. The van der Waals surface area contributed by atoms with Crippen LogP contribution in [0.5, 0.6) is 0 Å². The van der Waals surface area contributed by atoms with Crippen LogP contribution >= 0.6 is 23.6 Å². The minimum absolute atomic E-state index is 0.00455. The van der Waals surface area contributed by atoms with Crippen LogP contribution in [0.3, 0.4) is 0 Å². The molecule has 1 amide bonds. The molecule has 1 fully saturated rings. The van der Waals surface area contributed by atoms with Gasteiger partial charge in [-0.15, -0.1) is 11.3 Å². The number of aromatic nitrogens is 2. The van der Waals surface area contributed by atoms with Gasteiger partial charge in [0, 0.05) is 13.2 Å². The van der Waals surface area contributed by atoms with Crippen molar-refractivity contribution in [3.8, 4) is 10.4 Å². The summed E-state index contributed by atoms with van der Waals surface area (Å²) >= 11 is 6.92. The molecule has 32 heavy (non-hydrogen) atoms. The van der Waals surface area contributed by atoms with Crippen LogP contribution in [0.1, 0.15) is 12.8 Å². The maximum absolute atomic E-state index is 14.0. The fourth-order valence-corrected chi connectivity index (χ4v) is 5.53. The van der Waals surface area contributed by atoms with Crippen LogP contribution in [-0.4, -0.2) is 34.1 Å². The topological polar surface area (TPSA) is 64.7 Å². The molecule has 1 unspecified atom stereocenters. The summed E-state index contributed by atoms with van der Waals surface area (Å²) in [5.74, 6) is -0.675. The van der Waals surface area contributed by atoms with Crippen molar-refractivity contribution in [3.05, 3.63) is 68.7 Å². The molecule has 1 saturated heterocycles. The zero-order valence-corrected chi connectivity index (χ0v) is 18.7. The van der Waals surface area contributed by atoms with Crippen LogP contribution in [0, 0.1) is 9.77 Å². The number of carbonyl (C=O) groups is 1. The molecule has 0 radical (unpaired) electrons. The predicted octanol–water partition coefficient (Wildman–Crippen LogP) is 4.15. The second kappa shape index (κ2) is 8.57. The van der Waals surface area contributed by atoms with Gasteiger partial charge in [-0.2, -0.15) is 0 Å². The lowest BCUT2D eigenvalue weighted by Gasteiger charge is -2.15. The third-order valence-electron chi connectivity index (χ3n) is 5.60. The molecule has 5 rings (SSSR count). The third-order valence-corrected chi connectivity index (χ3v) is 7.01. The first-order valence-corrected chi connectivity index (χ1v) is 11.6. The number of amides is 1. The minimum atomic E-state index is -0.385. The van der Waals surface area contributed by atoms with Crippen LogP contribution < -0.4 is 10.9 Å². The lowest BCUT2D eigenvalue weighted by Crippen LogP contribution is -2.37. The van der Waals surface area contributed by atoms with E-state index in [4.69, 9.17) is 17.0 Å². The van der Waals surface area contributed by atoms with Crippen LogP contribution in [0.4, 0.5) is 4.39 Å². The fourth-order valence-electron chi connectivity index (χ4n) is 4.11. The Kier molecular flexibility index (Phi) is 5.62. The summed E-state index contributed by atoms with van der Waals surface area (Å²) in [7, 11) is 0. The molecule has 3 heterocycles. The Bertz CT molecular complexity index is 1450. The van der Waals surface area contributed by atoms with E-state index in [9.17, 15) is 14.0 Å². The molecule has 1 atom stereocenters. The fraction of sp³-hybridized carbons (Fsp3) is 0.261. The summed E-state index contributed by atoms with van der Waals surface area (Å²) in [4.78, 5) is 26.9. The van der Waals surface area contributed by atoms with Gasteiger partial charge in [-0.3, -0.25) is 18.6 Å². The maximum atomic E-state index is 14.0. The van der Waals surface area contributed by atoms with E-state index in [2.05, 4.69) is 5.32 Å². The first-order chi connectivity index (χ1) is 15.5. The van der Waals surface area contributed by atoms with Gasteiger partial charge in [-0.05, 0) is 54.9 Å². The van der Waals surface area contributed by atoms with Crippen molar-refractivity contribution in [1.82, 2.24) is 14.3 Å². The number of para-hydroxylation sites is 1. The molecule has 0 bridgehead atoms. The zero-order chi connectivity index (χ0) is 22.2. The first kappa shape index (κ1) is 21.0. The first-order valence-electron chi connectivity index (χ1n) is 10.3. The number of benzene rings is 2. The van der Waals surface area contributed by atoms with Gasteiger partial charge in [0.25, 0.3) is 5.56 Å². The van der Waals surface area contributed by atoms with Crippen molar-refractivity contribution in [2.75, 3.05) is 13.2 Å². The largest absolute Gasteiger partial charge is 0.376 e. The van der Waals surface area contributed by atoms with E-state index in [0.717, 1.165) is 12.8 Å². The molecule has 6 nitrogen and oxygen atoms in total. The van der Waals surface area contributed by atoms with Crippen molar-refractivity contribution in [3.63, 3.8) is 0 Å². The Balaban J connectivity index is 1.67. The number of nitrogens with one attached hydrogen (secondary N) is 1. The van der Waals surface area contributed by atoms with Crippen LogP contribution in [-0.2, 0) is 16.1 Å². The lowest BCUT2D eigenvalue weighted by molar-refractivity contribution is -0.122. The molecule has 2 aromatic heterocycles. The Labute approximate surface area is 191 Å². The second-order valence-electron chi connectivity index (χ2n) is 7.71. The smallest absolute Gasteiger partial charge is 0.262 e. The molecular weight excluding hydrogens is 449 g/mol. The summed E-state index contributed by atoms with van der Waals surface area (Å²) < 4.78 is 23.3. The van der Waals surface area contributed by atoms with E-state index in [0.29, 0.717) is 44.1 Å². The second-order valence-corrected chi connectivity index (χ2v) is 9.36. The monoisotopic (exact) mass is 469 g/mol. The molecule has 0 saturated carbocycles. The molecule has 1 N–H and O–H groups in total. The van der Waals surface area contributed by atoms with E-state index in [1.54, 1.807) is 28.7 Å². The van der Waals surface area contributed by atoms with Gasteiger partial charge in [-0.1, -0.05) is 24.3 Å². The third kappa shape index (κ3) is 3.76. The van der Waals surface area contributed by atoms with E-state index in [1.807, 2.05) is 12.1 Å². The molecule has 9 heteroatoms. The number of hydrogen-bond acceptors (Lipinski definition) is 5. The number of carbonyl (C=O) groups excluding carboxylic acids is 1. The highest BCUT2D eigenvalue weighted by atomic mass is 32.1. The molecule has 0 spiro atoms. The summed E-state index contributed by atoms with van der Waals surface area (Å²) in [6.07, 6.45) is 1.89. The van der Waals surface area contributed by atoms with Crippen molar-refractivity contribution in [2.24, 2.45) is 0 Å². The molecule has 1 aliphatic rings. The molecule has 1 aliphatic heterocycles. The number of halogens is 1. The van der Waals surface area contributed by atoms with Crippen molar-refractivity contribution >= 4 is 46.0 Å². The Morgan fingerprint density at radius 3 is 2.88 bits per heavy atom. The highest BCUT2D eigenvalue weighted by Crippen LogP contribution is 2.33. The van der Waals surface area contributed by atoms with Crippen molar-refractivity contribution < 1.29 is 13.9 Å². The number of hydrogen-bond donors (Lipinski definition) is 1. The van der Waals surface area contributed by atoms with Gasteiger partial charge < -0.3 is 10.1 Å². The average Bonchev–Trinajstić information content (AvgIpc) is 3.43. The number of rotatable bonds is 5. The van der Waals surface area contributed by atoms with E-state index in [1.165, 1.54) is 28.0 Å². The summed E-state index contributed by atoms with van der Waals surface area (Å²) in [6, 6.07) is 13.3. The highest BCUT2D eigenvalue weighted by Gasteiger charge is 2.21. The van der Waals surface area contributed by atoms with Gasteiger partial charge >= 0.3 is 0 Å². The van der Waals surface area contributed by atoms with Gasteiger partial charge in [0.2, 0.25) is 5.91 Å². The van der Waals surface area contributed by atoms with Crippen LogP contribution in [0.15, 0.2) is 53.3 Å². The molecule has 4 aromatic rings. The Morgan fingerprint density at radius 2 is 2.09 bits per heavy atom. The van der Waals surface area contributed by atoms with E-state index in [-0.39, 0.29) is 29.9 Å². The predicted molar refractivity (Wildman–Crippen MR) is 125 cm³/mol.